The Morgan fingerprint density at radius 3 is 2.48 bits per heavy atom. The molecule has 1 aromatic carbocycles. The fraction of sp³-hybridized carbons (Fsp3) is 0.583. The highest BCUT2D eigenvalue weighted by molar-refractivity contribution is 6.00. The van der Waals surface area contributed by atoms with E-state index in [2.05, 4.69) is 45.1 Å². The molecule has 0 saturated heterocycles. The van der Waals surface area contributed by atoms with Gasteiger partial charge in [-0.3, -0.25) is 9.59 Å². The van der Waals surface area contributed by atoms with E-state index in [0.717, 1.165) is 36.1 Å². The summed E-state index contributed by atoms with van der Waals surface area (Å²) in [6.45, 7) is 10.4. The van der Waals surface area contributed by atoms with Crippen LogP contribution in [0.1, 0.15) is 52.5 Å². The van der Waals surface area contributed by atoms with Gasteiger partial charge in [-0.15, -0.1) is 0 Å². The number of hydrogen-bond donors (Lipinski definition) is 1. The molecule has 1 N–H and O–H groups in total. The highest BCUT2D eigenvalue weighted by atomic mass is 16.2. The molecule has 2 amide bonds. The Balaban J connectivity index is 1.70. The fourth-order valence-corrected chi connectivity index (χ4v) is 5.02. The van der Waals surface area contributed by atoms with Gasteiger partial charge < -0.3 is 15.1 Å². The van der Waals surface area contributed by atoms with E-state index in [0.29, 0.717) is 19.6 Å². The molecule has 0 spiro atoms. The summed E-state index contributed by atoms with van der Waals surface area (Å²) >= 11 is 0. The van der Waals surface area contributed by atoms with E-state index in [4.69, 9.17) is 0 Å². The molecule has 0 aromatic heterocycles. The van der Waals surface area contributed by atoms with Crippen LogP contribution in [0.2, 0.25) is 0 Å². The molecule has 2 heterocycles. The van der Waals surface area contributed by atoms with E-state index in [1.54, 1.807) is 0 Å². The van der Waals surface area contributed by atoms with Crippen molar-refractivity contribution in [1.29, 1.82) is 0 Å². The van der Waals surface area contributed by atoms with Crippen molar-refractivity contribution in [3.05, 3.63) is 47.2 Å². The first-order valence-electron chi connectivity index (χ1n) is 11.0. The maximum atomic E-state index is 13.7. The lowest BCUT2D eigenvalue weighted by Crippen LogP contribution is -2.51. The first-order chi connectivity index (χ1) is 13.8. The minimum atomic E-state index is -0.426. The standard InChI is InChI=1S/C24H33N3O2/c1-16(2)20-19-21(25-13-14-26(20)22(28)18-11-8-12-18)24(3,4)27(23(19)29)15-17-9-6-5-7-10-17/h5-7,9-10,16,18,20,25H,8,11-15H2,1-4H3. The van der Waals surface area contributed by atoms with E-state index in [1.807, 2.05) is 28.0 Å². The Morgan fingerprint density at radius 1 is 1.21 bits per heavy atom. The van der Waals surface area contributed by atoms with Crippen molar-refractivity contribution in [2.45, 2.75) is 65.1 Å². The zero-order chi connectivity index (χ0) is 20.8. The number of carbonyl (C=O) groups is 2. The van der Waals surface area contributed by atoms with Gasteiger partial charge >= 0.3 is 0 Å². The van der Waals surface area contributed by atoms with E-state index >= 15 is 0 Å². The molecule has 1 atom stereocenters. The largest absolute Gasteiger partial charge is 0.384 e. The second-order valence-corrected chi connectivity index (χ2v) is 9.50. The van der Waals surface area contributed by atoms with Crippen LogP contribution in [0.4, 0.5) is 0 Å². The van der Waals surface area contributed by atoms with E-state index in [1.165, 1.54) is 0 Å². The summed E-state index contributed by atoms with van der Waals surface area (Å²) in [5.74, 6) is 0.620. The van der Waals surface area contributed by atoms with Crippen LogP contribution in [-0.2, 0) is 16.1 Å². The van der Waals surface area contributed by atoms with Gasteiger partial charge in [-0.05, 0) is 38.2 Å². The van der Waals surface area contributed by atoms with Crippen LogP contribution in [0.25, 0.3) is 0 Å². The number of carbonyl (C=O) groups excluding carboxylic acids is 2. The van der Waals surface area contributed by atoms with Crippen molar-refractivity contribution in [1.82, 2.24) is 15.1 Å². The van der Waals surface area contributed by atoms with Gasteiger partial charge in [-0.25, -0.2) is 0 Å². The van der Waals surface area contributed by atoms with Gasteiger partial charge in [0.1, 0.15) is 0 Å². The lowest BCUT2D eigenvalue weighted by atomic mass is 9.82. The highest BCUT2D eigenvalue weighted by Gasteiger charge is 2.51. The van der Waals surface area contributed by atoms with E-state index in [9.17, 15) is 9.59 Å². The third kappa shape index (κ3) is 3.34. The SMILES string of the molecule is CC(C)C1C2=C(NCCN1C(=O)C1CCC1)C(C)(C)N(Cc1ccccc1)C2=O. The Hall–Kier alpha value is -2.30. The molecule has 1 aliphatic carbocycles. The zero-order valence-corrected chi connectivity index (χ0v) is 18.1. The number of amides is 2. The molecule has 29 heavy (non-hydrogen) atoms. The normalized spacial score (nSPS) is 24.3. The minimum absolute atomic E-state index is 0.0633. The van der Waals surface area contributed by atoms with E-state index < -0.39 is 5.54 Å². The van der Waals surface area contributed by atoms with Crippen molar-refractivity contribution >= 4 is 11.8 Å². The van der Waals surface area contributed by atoms with Crippen molar-refractivity contribution in [2.75, 3.05) is 13.1 Å². The molecule has 3 aliphatic rings. The van der Waals surface area contributed by atoms with Gasteiger partial charge in [-0.2, -0.15) is 0 Å². The van der Waals surface area contributed by atoms with Crippen LogP contribution >= 0.6 is 0 Å². The third-order valence-electron chi connectivity index (χ3n) is 6.87. The lowest BCUT2D eigenvalue weighted by molar-refractivity contribution is -0.141. The molecule has 0 radical (unpaired) electrons. The molecule has 1 fully saturated rings. The fourth-order valence-electron chi connectivity index (χ4n) is 5.02. The molecule has 5 nitrogen and oxygen atoms in total. The molecule has 4 rings (SSSR count). The van der Waals surface area contributed by atoms with Gasteiger partial charge in [0.15, 0.2) is 0 Å². The lowest BCUT2D eigenvalue weighted by Gasteiger charge is -2.39. The summed E-state index contributed by atoms with van der Waals surface area (Å²) in [6, 6.07) is 9.97. The van der Waals surface area contributed by atoms with Crippen LogP contribution in [0, 0.1) is 11.8 Å². The maximum absolute atomic E-state index is 13.7. The van der Waals surface area contributed by atoms with Crippen LogP contribution in [0.3, 0.4) is 0 Å². The minimum Gasteiger partial charge on any atom is -0.384 e. The maximum Gasteiger partial charge on any atom is 0.254 e. The molecule has 5 heteroatoms. The molecule has 0 bridgehead atoms. The average Bonchev–Trinajstić information content (AvgIpc) is 2.80. The average molecular weight is 396 g/mol. The molecule has 156 valence electrons. The number of nitrogens with one attached hydrogen (secondary N) is 1. The number of rotatable bonds is 4. The van der Waals surface area contributed by atoms with Gasteiger partial charge in [0.25, 0.3) is 5.91 Å². The van der Waals surface area contributed by atoms with Crippen LogP contribution in [-0.4, -0.2) is 46.3 Å². The predicted octanol–water partition coefficient (Wildman–Crippen LogP) is 3.32. The Labute approximate surface area is 174 Å². The quantitative estimate of drug-likeness (QED) is 0.851. The van der Waals surface area contributed by atoms with E-state index in [-0.39, 0.29) is 29.7 Å². The smallest absolute Gasteiger partial charge is 0.254 e. The topological polar surface area (TPSA) is 52.7 Å². The van der Waals surface area contributed by atoms with Gasteiger partial charge in [0, 0.05) is 31.2 Å². The second kappa shape index (κ2) is 7.51. The summed E-state index contributed by atoms with van der Waals surface area (Å²) in [7, 11) is 0. The van der Waals surface area contributed by atoms with Gasteiger partial charge in [0.2, 0.25) is 5.91 Å². The molecule has 1 aromatic rings. The molecule has 1 unspecified atom stereocenters. The number of nitrogens with zero attached hydrogens (tertiary/aromatic N) is 2. The van der Waals surface area contributed by atoms with Gasteiger partial charge in [-0.1, -0.05) is 50.6 Å². The van der Waals surface area contributed by atoms with Crippen molar-refractivity contribution in [2.24, 2.45) is 11.8 Å². The van der Waals surface area contributed by atoms with Crippen LogP contribution in [0.15, 0.2) is 41.6 Å². The van der Waals surface area contributed by atoms with Crippen molar-refractivity contribution in [3.8, 4) is 0 Å². The predicted molar refractivity (Wildman–Crippen MR) is 114 cm³/mol. The summed E-state index contributed by atoms with van der Waals surface area (Å²) in [4.78, 5) is 30.9. The monoisotopic (exact) mass is 395 g/mol. The molecular formula is C24H33N3O2. The highest BCUT2D eigenvalue weighted by Crippen LogP contribution is 2.41. The van der Waals surface area contributed by atoms with Crippen molar-refractivity contribution < 1.29 is 9.59 Å². The summed E-state index contributed by atoms with van der Waals surface area (Å²) < 4.78 is 0. The third-order valence-corrected chi connectivity index (χ3v) is 6.87. The molecule has 1 saturated carbocycles. The van der Waals surface area contributed by atoms with Gasteiger partial charge in [0.05, 0.1) is 17.2 Å². The first-order valence-corrected chi connectivity index (χ1v) is 11.0. The Kier molecular flexibility index (Phi) is 5.18. The Morgan fingerprint density at radius 2 is 1.90 bits per heavy atom. The number of benzene rings is 1. The summed E-state index contributed by atoms with van der Waals surface area (Å²) in [5, 5.41) is 3.55. The van der Waals surface area contributed by atoms with Crippen molar-refractivity contribution in [3.63, 3.8) is 0 Å². The molecular weight excluding hydrogens is 362 g/mol. The van der Waals surface area contributed by atoms with Crippen LogP contribution < -0.4 is 5.32 Å². The zero-order valence-electron chi connectivity index (χ0n) is 18.1. The second-order valence-electron chi connectivity index (χ2n) is 9.50. The molecule has 2 aliphatic heterocycles. The number of hydrogen-bond acceptors (Lipinski definition) is 3. The Bertz CT molecular complexity index is 824. The van der Waals surface area contributed by atoms with Crippen LogP contribution in [0.5, 0.6) is 0 Å². The first kappa shape index (κ1) is 20.0. The summed E-state index contributed by atoms with van der Waals surface area (Å²) in [5.41, 5.74) is 2.49. The summed E-state index contributed by atoms with van der Waals surface area (Å²) in [6.07, 6.45) is 3.11.